The van der Waals surface area contributed by atoms with E-state index in [1.807, 2.05) is 0 Å². The van der Waals surface area contributed by atoms with Gasteiger partial charge >= 0.3 is 0 Å². The molecule has 1 aromatic carbocycles. The van der Waals surface area contributed by atoms with Crippen molar-refractivity contribution >= 4 is 15.9 Å². The van der Waals surface area contributed by atoms with Crippen LogP contribution in [0.15, 0.2) is 28.7 Å². The maximum Gasteiger partial charge on any atom is 0.0320 e. The van der Waals surface area contributed by atoms with Gasteiger partial charge < -0.3 is 5.32 Å². The Morgan fingerprint density at radius 2 is 1.89 bits per heavy atom. The monoisotopic (exact) mass is 324 g/mol. The summed E-state index contributed by atoms with van der Waals surface area (Å²) in [7, 11) is 0. The summed E-state index contributed by atoms with van der Waals surface area (Å²) in [4.78, 5) is 2.62. The summed E-state index contributed by atoms with van der Waals surface area (Å²) in [5.74, 6) is 0.692. The first-order valence-electron chi connectivity index (χ1n) is 7.31. The first-order chi connectivity index (χ1) is 9.08. The van der Waals surface area contributed by atoms with Crippen molar-refractivity contribution in [3.05, 3.63) is 34.3 Å². The van der Waals surface area contributed by atoms with Crippen LogP contribution < -0.4 is 5.32 Å². The van der Waals surface area contributed by atoms with Gasteiger partial charge in [-0.1, -0.05) is 41.9 Å². The van der Waals surface area contributed by atoms with Crippen LogP contribution in [0, 0.1) is 5.92 Å². The van der Waals surface area contributed by atoms with E-state index >= 15 is 0 Å². The lowest BCUT2D eigenvalue weighted by molar-refractivity contribution is 0.192. The quantitative estimate of drug-likeness (QED) is 0.909. The molecule has 1 aliphatic rings. The number of nitrogens with one attached hydrogen (secondary N) is 1. The molecule has 106 valence electrons. The fourth-order valence-corrected chi connectivity index (χ4v) is 2.99. The summed E-state index contributed by atoms with van der Waals surface area (Å²) in [6, 6.07) is 9.85. The minimum atomic E-state index is 0.495. The third-order valence-electron chi connectivity index (χ3n) is 4.16. The lowest BCUT2D eigenvalue weighted by atomic mass is 10.0. The van der Waals surface area contributed by atoms with Gasteiger partial charge in [0.25, 0.3) is 0 Å². The van der Waals surface area contributed by atoms with Crippen molar-refractivity contribution in [2.24, 2.45) is 5.92 Å². The molecule has 0 spiro atoms. The van der Waals surface area contributed by atoms with E-state index in [-0.39, 0.29) is 0 Å². The Labute approximate surface area is 125 Å². The fraction of sp³-hybridized carbons (Fsp3) is 0.625. The molecule has 1 aromatic rings. The van der Waals surface area contributed by atoms with Crippen LogP contribution in [0.1, 0.15) is 38.8 Å². The second kappa shape index (κ2) is 6.87. The summed E-state index contributed by atoms with van der Waals surface area (Å²) in [6.45, 7) is 10.4. The van der Waals surface area contributed by atoms with E-state index in [4.69, 9.17) is 0 Å². The van der Waals surface area contributed by atoms with E-state index in [1.165, 1.54) is 18.5 Å². The molecule has 1 N–H and O–H groups in total. The van der Waals surface area contributed by atoms with Crippen LogP contribution in [-0.4, -0.2) is 30.6 Å². The maximum atomic E-state index is 3.68. The zero-order valence-electron chi connectivity index (χ0n) is 12.2. The Balaban J connectivity index is 2.08. The van der Waals surface area contributed by atoms with Crippen molar-refractivity contribution in [2.75, 3.05) is 19.6 Å². The summed E-state index contributed by atoms with van der Waals surface area (Å²) in [5, 5.41) is 3.68. The average Bonchev–Trinajstić information content (AvgIpc) is 2.64. The Hall–Kier alpha value is -0.380. The molecule has 2 nitrogen and oxygen atoms in total. The van der Waals surface area contributed by atoms with Crippen LogP contribution in [0.4, 0.5) is 0 Å². The van der Waals surface area contributed by atoms with E-state index in [0.29, 0.717) is 18.0 Å². The van der Waals surface area contributed by atoms with E-state index < -0.39 is 0 Å². The number of benzene rings is 1. The summed E-state index contributed by atoms with van der Waals surface area (Å²) in [6.07, 6.45) is 1.24. The molecule has 0 amide bonds. The molecule has 1 aliphatic heterocycles. The highest BCUT2D eigenvalue weighted by atomic mass is 79.9. The molecule has 1 saturated heterocycles. The van der Waals surface area contributed by atoms with E-state index in [1.54, 1.807) is 0 Å². The van der Waals surface area contributed by atoms with Crippen molar-refractivity contribution in [2.45, 2.75) is 39.3 Å². The second-order valence-corrected chi connectivity index (χ2v) is 6.80. The average molecular weight is 325 g/mol. The third kappa shape index (κ3) is 4.04. The zero-order valence-corrected chi connectivity index (χ0v) is 13.8. The summed E-state index contributed by atoms with van der Waals surface area (Å²) < 4.78 is 1.15. The molecular weight excluding hydrogens is 300 g/mol. The van der Waals surface area contributed by atoms with Crippen molar-refractivity contribution < 1.29 is 0 Å². The highest BCUT2D eigenvalue weighted by molar-refractivity contribution is 9.10. The molecule has 1 heterocycles. The third-order valence-corrected chi connectivity index (χ3v) is 4.69. The molecule has 1 fully saturated rings. The first-order valence-corrected chi connectivity index (χ1v) is 8.10. The van der Waals surface area contributed by atoms with Gasteiger partial charge in [0.2, 0.25) is 0 Å². The van der Waals surface area contributed by atoms with Gasteiger partial charge in [-0.15, -0.1) is 0 Å². The van der Waals surface area contributed by atoms with E-state index in [9.17, 15) is 0 Å². The molecule has 19 heavy (non-hydrogen) atoms. The SMILES string of the molecule is CC(C)C1CN(C(C)c2ccc(Br)cc2)CCCN1. The van der Waals surface area contributed by atoms with Crippen molar-refractivity contribution in [1.29, 1.82) is 0 Å². The van der Waals surface area contributed by atoms with Crippen molar-refractivity contribution in [3.63, 3.8) is 0 Å². The van der Waals surface area contributed by atoms with Gasteiger partial charge in [-0.25, -0.2) is 0 Å². The molecule has 2 rings (SSSR count). The fourth-order valence-electron chi connectivity index (χ4n) is 2.73. The standard InChI is InChI=1S/C16H25BrN2/c1-12(2)16-11-19(10-4-9-18-16)13(3)14-5-7-15(17)8-6-14/h5-8,12-13,16,18H,4,9-11H2,1-3H3. The first kappa shape index (κ1) is 15.0. The molecule has 2 atom stereocenters. The number of rotatable bonds is 3. The Kier molecular flexibility index (Phi) is 5.43. The number of halogens is 1. The molecular formula is C16H25BrN2. The normalized spacial score (nSPS) is 23.3. The second-order valence-electron chi connectivity index (χ2n) is 5.88. The van der Waals surface area contributed by atoms with Crippen LogP contribution in [0.25, 0.3) is 0 Å². The number of hydrogen-bond acceptors (Lipinski definition) is 2. The Morgan fingerprint density at radius 1 is 1.21 bits per heavy atom. The highest BCUT2D eigenvalue weighted by Gasteiger charge is 2.24. The minimum Gasteiger partial charge on any atom is -0.312 e. The lowest BCUT2D eigenvalue weighted by Crippen LogP contribution is -2.42. The van der Waals surface area contributed by atoms with Gasteiger partial charge in [0.05, 0.1) is 0 Å². The predicted octanol–water partition coefficient (Wildman–Crippen LogP) is 3.83. The lowest BCUT2D eigenvalue weighted by Gasteiger charge is -2.32. The van der Waals surface area contributed by atoms with Crippen LogP contribution >= 0.6 is 15.9 Å². The summed E-state index contributed by atoms with van der Waals surface area (Å²) >= 11 is 3.51. The summed E-state index contributed by atoms with van der Waals surface area (Å²) in [5.41, 5.74) is 1.41. The van der Waals surface area contributed by atoms with Crippen LogP contribution in [0.2, 0.25) is 0 Å². The Bertz CT molecular complexity index is 388. The number of hydrogen-bond donors (Lipinski definition) is 1. The van der Waals surface area contributed by atoms with Gasteiger partial charge in [0, 0.05) is 29.6 Å². The Morgan fingerprint density at radius 3 is 2.53 bits per heavy atom. The van der Waals surface area contributed by atoms with Gasteiger partial charge in [-0.3, -0.25) is 4.90 Å². The van der Waals surface area contributed by atoms with E-state index in [0.717, 1.165) is 17.6 Å². The van der Waals surface area contributed by atoms with Gasteiger partial charge in [0.1, 0.15) is 0 Å². The van der Waals surface area contributed by atoms with Gasteiger partial charge in [-0.05, 0) is 43.5 Å². The largest absolute Gasteiger partial charge is 0.312 e. The molecule has 0 radical (unpaired) electrons. The molecule has 0 aliphatic carbocycles. The number of nitrogens with zero attached hydrogens (tertiary/aromatic N) is 1. The van der Waals surface area contributed by atoms with Crippen LogP contribution in [0.3, 0.4) is 0 Å². The molecule has 0 saturated carbocycles. The minimum absolute atomic E-state index is 0.495. The highest BCUT2D eigenvalue weighted by Crippen LogP contribution is 2.24. The van der Waals surface area contributed by atoms with Crippen LogP contribution in [0.5, 0.6) is 0 Å². The molecule has 2 unspecified atom stereocenters. The maximum absolute atomic E-state index is 3.68. The van der Waals surface area contributed by atoms with Gasteiger partial charge in [-0.2, -0.15) is 0 Å². The van der Waals surface area contributed by atoms with Crippen LogP contribution in [-0.2, 0) is 0 Å². The van der Waals surface area contributed by atoms with E-state index in [2.05, 4.69) is 71.2 Å². The van der Waals surface area contributed by atoms with Crippen molar-refractivity contribution in [3.8, 4) is 0 Å². The van der Waals surface area contributed by atoms with Crippen molar-refractivity contribution in [1.82, 2.24) is 10.2 Å². The molecule has 0 bridgehead atoms. The predicted molar refractivity (Wildman–Crippen MR) is 85.4 cm³/mol. The molecule has 0 aromatic heterocycles. The van der Waals surface area contributed by atoms with Gasteiger partial charge in [0.15, 0.2) is 0 Å². The topological polar surface area (TPSA) is 15.3 Å². The molecule has 3 heteroatoms. The smallest absolute Gasteiger partial charge is 0.0320 e. The zero-order chi connectivity index (χ0) is 13.8.